The van der Waals surface area contributed by atoms with Crippen LogP contribution in [0.3, 0.4) is 0 Å². The Labute approximate surface area is 190 Å². The molecule has 2 N–H and O–H groups in total. The summed E-state index contributed by atoms with van der Waals surface area (Å²) in [5.41, 5.74) is 2.83. The summed E-state index contributed by atoms with van der Waals surface area (Å²) < 4.78 is 11.7. The van der Waals surface area contributed by atoms with Gasteiger partial charge in [-0.1, -0.05) is 61.9 Å². The van der Waals surface area contributed by atoms with Gasteiger partial charge in [0, 0.05) is 11.8 Å². The van der Waals surface area contributed by atoms with Gasteiger partial charge < -0.3 is 20.1 Å². The largest absolute Gasteiger partial charge is 0.494 e. The first kappa shape index (κ1) is 23.2. The van der Waals surface area contributed by atoms with Crippen molar-refractivity contribution in [3.63, 3.8) is 0 Å². The summed E-state index contributed by atoms with van der Waals surface area (Å²) in [6.07, 6.45) is 3.99. The van der Waals surface area contributed by atoms with E-state index in [-0.39, 0.29) is 12.5 Å². The summed E-state index contributed by atoms with van der Waals surface area (Å²) in [5, 5.41) is 6.08. The molecule has 0 saturated carbocycles. The molecule has 0 heterocycles. The van der Waals surface area contributed by atoms with Gasteiger partial charge in [-0.05, 0) is 49.1 Å². The Morgan fingerprint density at radius 3 is 2.47 bits per heavy atom. The van der Waals surface area contributed by atoms with Crippen LogP contribution in [-0.4, -0.2) is 25.7 Å². The number of amides is 1. The van der Waals surface area contributed by atoms with Crippen molar-refractivity contribution in [1.82, 2.24) is 0 Å². The van der Waals surface area contributed by atoms with E-state index in [4.69, 9.17) is 9.47 Å². The van der Waals surface area contributed by atoms with E-state index in [0.717, 1.165) is 42.9 Å². The Morgan fingerprint density at radius 1 is 0.844 bits per heavy atom. The number of rotatable bonds is 13. The molecular weight excluding hydrogens is 400 g/mol. The topological polar surface area (TPSA) is 59.6 Å². The van der Waals surface area contributed by atoms with Crippen LogP contribution < -0.4 is 20.1 Å². The second-order valence-electron chi connectivity index (χ2n) is 7.57. The highest BCUT2D eigenvalue weighted by atomic mass is 16.5. The smallest absolute Gasteiger partial charge is 0.243 e. The third kappa shape index (κ3) is 7.99. The van der Waals surface area contributed by atoms with Crippen molar-refractivity contribution in [3.05, 3.63) is 84.4 Å². The Morgan fingerprint density at radius 2 is 1.62 bits per heavy atom. The number of carbonyl (C=O) groups is 1. The maximum atomic E-state index is 12.4. The summed E-state index contributed by atoms with van der Waals surface area (Å²) in [6, 6.07) is 25.5. The molecule has 0 aliphatic heterocycles. The second kappa shape index (κ2) is 13.1. The SMILES string of the molecule is CCCCOc1ccccc1NCC(=O)Nc1cccc(OCCCc2ccccc2)c1. The summed E-state index contributed by atoms with van der Waals surface area (Å²) in [5.74, 6) is 1.38. The molecule has 0 aliphatic rings. The zero-order valence-corrected chi connectivity index (χ0v) is 18.7. The summed E-state index contributed by atoms with van der Waals surface area (Å²) in [6.45, 7) is 3.57. The molecule has 0 atom stereocenters. The van der Waals surface area contributed by atoms with Gasteiger partial charge >= 0.3 is 0 Å². The minimum atomic E-state index is -0.130. The third-order valence-electron chi connectivity index (χ3n) is 4.92. The molecule has 3 aromatic carbocycles. The van der Waals surface area contributed by atoms with Crippen LogP contribution in [0.5, 0.6) is 11.5 Å². The number of anilines is 2. The van der Waals surface area contributed by atoms with Gasteiger partial charge in [-0.15, -0.1) is 0 Å². The quantitative estimate of drug-likeness (QED) is 0.329. The monoisotopic (exact) mass is 432 g/mol. The van der Waals surface area contributed by atoms with E-state index < -0.39 is 0 Å². The average molecular weight is 433 g/mol. The molecule has 3 aromatic rings. The highest BCUT2D eigenvalue weighted by molar-refractivity contribution is 5.94. The van der Waals surface area contributed by atoms with E-state index in [0.29, 0.717) is 18.9 Å². The molecule has 5 heteroatoms. The second-order valence-corrected chi connectivity index (χ2v) is 7.57. The lowest BCUT2D eigenvalue weighted by Gasteiger charge is -2.13. The van der Waals surface area contributed by atoms with Gasteiger partial charge in [-0.2, -0.15) is 0 Å². The van der Waals surface area contributed by atoms with E-state index in [1.54, 1.807) is 0 Å². The van der Waals surface area contributed by atoms with E-state index in [2.05, 4.69) is 41.8 Å². The number of unbranched alkanes of at least 4 members (excludes halogenated alkanes) is 1. The lowest BCUT2D eigenvalue weighted by molar-refractivity contribution is -0.114. The van der Waals surface area contributed by atoms with Crippen LogP contribution in [0.25, 0.3) is 0 Å². The lowest BCUT2D eigenvalue weighted by Crippen LogP contribution is -2.22. The van der Waals surface area contributed by atoms with Gasteiger partial charge in [-0.3, -0.25) is 4.79 Å². The van der Waals surface area contributed by atoms with Crippen LogP contribution in [0.15, 0.2) is 78.9 Å². The molecule has 5 nitrogen and oxygen atoms in total. The number of carbonyl (C=O) groups excluding carboxylic acids is 1. The molecule has 0 bridgehead atoms. The molecule has 0 radical (unpaired) electrons. The van der Waals surface area contributed by atoms with Gasteiger partial charge in [0.2, 0.25) is 5.91 Å². The van der Waals surface area contributed by atoms with Crippen molar-refractivity contribution in [1.29, 1.82) is 0 Å². The van der Waals surface area contributed by atoms with Crippen LogP contribution in [0.1, 0.15) is 31.7 Å². The number of ether oxygens (including phenoxy) is 2. The Bertz CT molecular complexity index is 960. The number of nitrogens with one attached hydrogen (secondary N) is 2. The fourth-order valence-electron chi connectivity index (χ4n) is 3.22. The summed E-state index contributed by atoms with van der Waals surface area (Å²) >= 11 is 0. The van der Waals surface area contributed by atoms with E-state index in [9.17, 15) is 4.79 Å². The van der Waals surface area contributed by atoms with Gasteiger partial charge in [0.05, 0.1) is 25.4 Å². The first-order valence-corrected chi connectivity index (χ1v) is 11.3. The molecule has 1 amide bonds. The maximum absolute atomic E-state index is 12.4. The van der Waals surface area contributed by atoms with Crippen LogP contribution in [0.2, 0.25) is 0 Å². The van der Waals surface area contributed by atoms with Gasteiger partial charge in [-0.25, -0.2) is 0 Å². The van der Waals surface area contributed by atoms with Gasteiger partial charge in [0.1, 0.15) is 11.5 Å². The molecule has 0 aliphatic carbocycles. The molecule has 0 aromatic heterocycles. The van der Waals surface area contributed by atoms with Crippen molar-refractivity contribution in [2.24, 2.45) is 0 Å². The molecule has 0 unspecified atom stereocenters. The first-order valence-electron chi connectivity index (χ1n) is 11.3. The predicted octanol–water partition coefficient (Wildman–Crippen LogP) is 5.93. The molecule has 0 saturated heterocycles. The average Bonchev–Trinajstić information content (AvgIpc) is 2.82. The zero-order valence-electron chi connectivity index (χ0n) is 18.7. The molecule has 32 heavy (non-hydrogen) atoms. The number of hydrogen-bond acceptors (Lipinski definition) is 4. The third-order valence-corrected chi connectivity index (χ3v) is 4.92. The summed E-state index contributed by atoms with van der Waals surface area (Å²) in [4.78, 5) is 12.4. The van der Waals surface area contributed by atoms with Crippen molar-refractivity contribution in [2.75, 3.05) is 30.4 Å². The first-order chi connectivity index (χ1) is 15.7. The van der Waals surface area contributed by atoms with Crippen molar-refractivity contribution >= 4 is 17.3 Å². The minimum Gasteiger partial charge on any atom is -0.494 e. The highest BCUT2D eigenvalue weighted by Crippen LogP contribution is 2.24. The number of aryl methyl sites for hydroxylation is 1. The fraction of sp³-hybridized carbons (Fsp3) is 0.296. The van der Waals surface area contributed by atoms with E-state index in [1.165, 1.54) is 5.56 Å². The van der Waals surface area contributed by atoms with Crippen LogP contribution >= 0.6 is 0 Å². The van der Waals surface area contributed by atoms with E-state index in [1.807, 2.05) is 54.6 Å². The Balaban J connectivity index is 1.43. The molecular formula is C27H32N2O3. The number of para-hydroxylation sites is 2. The van der Waals surface area contributed by atoms with Crippen molar-refractivity contribution in [2.45, 2.75) is 32.6 Å². The summed E-state index contributed by atoms with van der Waals surface area (Å²) in [7, 11) is 0. The molecule has 0 fully saturated rings. The fourth-order valence-corrected chi connectivity index (χ4v) is 3.22. The van der Waals surface area contributed by atoms with Crippen molar-refractivity contribution in [3.8, 4) is 11.5 Å². The van der Waals surface area contributed by atoms with Crippen LogP contribution in [0, 0.1) is 0 Å². The van der Waals surface area contributed by atoms with Gasteiger partial charge in [0.25, 0.3) is 0 Å². The maximum Gasteiger partial charge on any atom is 0.243 e. The Hall–Kier alpha value is -3.47. The Kier molecular flexibility index (Phi) is 9.46. The molecule has 3 rings (SSSR count). The highest BCUT2D eigenvalue weighted by Gasteiger charge is 2.07. The molecule has 168 valence electrons. The normalized spacial score (nSPS) is 10.4. The predicted molar refractivity (Wildman–Crippen MR) is 131 cm³/mol. The number of benzene rings is 3. The zero-order chi connectivity index (χ0) is 22.4. The van der Waals surface area contributed by atoms with E-state index >= 15 is 0 Å². The van der Waals surface area contributed by atoms with Crippen LogP contribution in [-0.2, 0) is 11.2 Å². The van der Waals surface area contributed by atoms with Crippen LogP contribution in [0.4, 0.5) is 11.4 Å². The minimum absolute atomic E-state index is 0.130. The lowest BCUT2D eigenvalue weighted by atomic mass is 10.1. The van der Waals surface area contributed by atoms with Gasteiger partial charge in [0.15, 0.2) is 0 Å². The number of hydrogen-bond donors (Lipinski definition) is 2. The standard InChI is InChI=1S/C27H32N2O3/c1-2-3-18-32-26-17-8-7-16-25(26)28-21-27(30)29-23-14-9-15-24(20-23)31-19-10-13-22-11-5-4-6-12-22/h4-9,11-12,14-17,20,28H,2-3,10,13,18-19,21H2,1H3,(H,29,30). The van der Waals surface area contributed by atoms with Crippen molar-refractivity contribution < 1.29 is 14.3 Å². The molecule has 0 spiro atoms.